The SMILES string of the molecule is CC(C)n1nc(CN(C)C)c2c1CN(C1CCOC1)C2. The largest absolute Gasteiger partial charge is 0.380 e. The molecule has 0 radical (unpaired) electrons. The first-order valence-corrected chi connectivity index (χ1v) is 7.62. The molecule has 1 aromatic rings. The third-order valence-electron chi connectivity index (χ3n) is 4.29. The van der Waals surface area contributed by atoms with Crippen molar-refractivity contribution in [3.63, 3.8) is 0 Å². The van der Waals surface area contributed by atoms with E-state index >= 15 is 0 Å². The van der Waals surface area contributed by atoms with Gasteiger partial charge in [0.1, 0.15) is 0 Å². The lowest BCUT2D eigenvalue weighted by Crippen LogP contribution is -2.31. The molecule has 2 aliphatic rings. The predicted octanol–water partition coefficient (Wildman–Crippen LogP) is 1.63. The Morgan fingerprint density at radius 3 is 2.75 bits per heavy atom. The normalized spacial score (nSPS) is 23.2. The summed E-state index contributed by atoms with van der Waals surface area (Å²) in [6, 6.07) is 1.02. The second kappa shape index (κ2) is 5.47. The first kappa shape index (κ1) is 14.0. The summed E-state index contributed by atoms with van der Waals surface area (Å²) >= 11 is 0. The summed E-state index contributed by atoms with van der Waals surface area (Å²) in [4.78, 5) is 4.77. The van der Waals surface area contributed by atoms with Crippen molar-refractivity contribution in [1.82, 2.24) is 19.6 Å². The molecule has 20 heavy (non-hydrogen) atoms. The Morgan fingerprint density at radius 2 is 2.15 bits per heavy atom. The molecule has 0 bridgehead atoms. The van der Waals surface area contributed by atoms with E-state index in [9.17, 15) is 0 Å². The summed E-state index contributed by atoms with van der Waals surface area (Å²) < 4.78 is 7.77. The van der Waals surface area contributed by atoms with Crippen molar-refractivity contribution in [2.75, 3.05) is 27.3 Å². The molecular formula is C15H26N4O. The summed E-state index contributed by atoms with van der Waals surface area (Å²) in [7, 11) is 4.22. The first-order valence-electron chi connectivity index (χ1n) is 7.62. The molecule has 0 aromatic carbocycles. The predicted molar refractivity (Wildman–Crippen MR) is 78.5 cm³/mol. The topological polar surface area (TPSA) is 33.5 Å². The van der Waals surface area contributed by atoms with Crippen LogP contribution in [-0.4, -0.2) is 52.9 Å². The zero-order valence-electron chi connectivity index (χ0n) is 13.1. The fourth-order valence-electron chi connectivity index (χ4n) is 3.28. The summed E-state index contributed by atoms with van der Waals surface area (Å²) in [6.45, 7) is 9.24. The van der Waals surface area contributed by atoms with Gasteiger partial charge in [0.2, 0.25) is 0 Å². The smallest absolute Gasteiger partial charge is 0.0813 e. The highest BCUT2D eigenvalue weighted by Crippen LogP contribution is 2.31. The van der Waals surface area contributed by atoms with Crippen LogP contribution in [0, 0.1) is 0 Å². The van der Waals surface area contributed by atoms with Crippen LogP contribution in [0.2, 0.25) is 0 Å². The van der Waals surface area contributed by atoms with Gasteiger partial charge >= 0.3 is 0 Å². The van der Waals surface area contributed by atoms with E-state index in [0.29, 0.717) is 12.1 Å². The van der Waals surface area contributed by atoms with Crippen LogP contribution in [0.1, 0.15) is 43.3 Å². The minimum Gasteiger partial charge on any atom is -0.380 e. The quantitative estimate of drug-likeness (QED) is 0.838. The number of aromatic nitrogens is 2. The average molecular weight is 278 g/mol. The third kappa shape index (κ3) is 2.50. The first-order chi connectivity index (χ1) is 9.56. The zero-order valence-corrected chi connectivity index (χ0v) is 13.1. The van der Waals surface area contributed by atoms with Gasteiger partial charge in [-0.1, -0.05) is 0 Å². The van der Waals surface area contributed by atoms with E-state index in [4.69, 9.17) is 9.84 Å². The molecule has 0 spiro atoms. The number of rotatable bonds is 4. The van der Waals surface area contributed by atoms with Gasteiger partial charge in [-0.05, 0) is 34.4 Å². The van der Waals surface area contributed by atoms with Crippen LogP contribution in [0.5, 0.6) is 0 Å². The molecule has 3 heterocycles. The Kier molecular flexibility index (Phi) is 3.84. The molecular weight excluding hydrogens is 252 g/mol. The summed E-state index contributed by atoms with van der Waals surface area (Å²) in [5.41, 5.74) is 4.13. The molecule has 0 aliphatic carbocycles. The van der Waals surface area contributed by atoms with E-state index in [1.54, 1.807) is 0 Å². The Morgan fingerprint density at radius 1 is 1.35 bits per heavy atom. The average Bonchev–Trinajstić information content (AvgIpc) is 3.03. The van der Waals surface area contributed by atoms with Crippen LogP contribution in [0.3, 0.4) is 0 Å². The molecule has 0 N–H and O–H groups in total. The summed E-state index contributed by atoms with van der Waals surface area (Å²) in [6.07, 6.45) is 1.17. The van der Waals surface area contributed by atoms with Crippen LogP contribution in [0.25, 0.3) is 0 Å². The number of hydrogen-bond donors (Lipinski definition) is 0. The molecule has 1 unspecified atom stereocenters. The van der Waals surface area contributed by atoms with E-state index in [1.165, 1.54) is 23.4 Å². The van der Waals surface area contributed by atoms with E-state index in [-0.39, 0.29) is 0 Å². The maximum Gasteiger partial charge on any atom is 0.0813 e. The molecule has 1 aromatic heterocycles. The number of fused-ring (bicyclic) bond motifs is 1. The fraction of sp³-hybridized carbons (Fsp3) is 0.800. The van der Waals surface area contributed by atoms with Crippen LogP contribution in [-0.2, 0) is 24.4 Å². The van der Waals surface area contributed by atoms with Crippen LogP contribution < -0.4 is 0 Å². The zero-order chi connectivity index (χ0) is 14.3. The van der Waals surface area contributed by atoms with Crippen molar-refractivity contribution in [3.8, 4) is 0 Å². The van der Waals surface area contributed by atoms with Crippen molar-refractivity contribution in [2.45, 2.75) is 52.0 Å². The van der Waals surface area contributed by atoms with E-state index in [2.05, 4.69) is 42.4 Å². The lowest BCUT2D eigenvalue weighted by Gasteiger charge is -2.22. The molecule has 3 rings (SSSR count). The Balaban J connectivity index is 1.86. The maximum atomic E-state index is 5.55. The lowest BCUT2D eigenvalue weighted by molar-refractivity contribution is 0.141. The van der Waals surface area contributed by atoms with Crippen molar-refractivity contribution in [2.24, 2.45) is 0 Å². The highest BCUT2D eigenvalue weighted by atomic mass is 16.5. The third-order valence-corrected chi connectivity index (χ3v) is 4.29. The van der Waals surface area contributed by atoms with Gasteiger partial charge in [0.25, 0.3) is 0 Å². The second-order valence-electron chi connectivity index (χ2n) is 6.57. The Hall–Kier alpha value is -0.910. The van der Waals surface area contributed by atoms with E-state index < -0.39 is 0 Å². The monoisotopic (exact) mass is 278 g/mol. The van der Waals surface area contributed by atoms with Gasteiger partial charge in [0.05, 0.1) is 18.0 Å². The molecule has 1 fully saturated rings. The van der Waals surface area contributed by atoms with Gasteiger partial charge in [0, 0.05) is 43.9 Å². The Bertz CT molecular complexity index is 474. The minimum atomic E-state index is 0.430. The van der Waals surface area contributed by atoms with Gasteiger partial charge in [-0.15, -0.1) is 0 Å². The van der Waals surface area contributed by atoms with Crippen LogP contribution in [0.4, 0.5) is 0 Å². The standard InChI is InChI=1S/C15H26N4O/c1-11(2)19-15-9-18(12-5-6-20-10-12)7-13(15)14(16-19)8-17(3)4/h11-12H,5-10H2,1-4H3. The molecule has 5 heteroatoms. The van der Waals surface area contributed by atoms with E-state index in [0.717, 1.165) is 32.8 Å². The van der Waals surface area contributed by atoms with Gasteiger partial charge in [-0.2, -0.15) is 5.10 Å². The molecule has 1 saturated heterocycles. The van der Waals surface area contributed by atoms with E-state index in [1.807, 2.05) is 0 Å². The molecule has 0 saturated carbocycles. The molecule has 2 aliphatic heterocycles. The van der Waals surface area contributed by atoms with Gasteiger partial charge < -0.3 is 9.64 Å². The molecule has 1 atom stereocenters. The second-order valence-corrected chi connectivity index (χ2v) is 6.57. The maximum absolute atomic E-state index is 5.55. The van der Waals surface area contributed by atoms with Crippen molar-refractivity contribution in [1.29, 1.82) is 0 Å². The number of ether oxygens (including phenoxy) is 1. The van der Waals surface area contributed by atoms with Crippen molar-refractivity contribution >= 4 is 0 Å². The molecule has 0 amide bonds. The van der Waals surface area contributed by atoms with Gasteiger partial charge in [-0.25, -0.2) is 0 Å². The molecule has 5 nitrogen and oxygen atoms in total. The van der Waals surface area contributed by atoms with Crippen LogP contribution in [0.15, 0.2) is 0 Å². The Labute approximate surface area is 121 Å². The van der Waals surface area contributed by atoms with Crippen molar-refractivity contribution < 1.29 is 4.74 Å². The molecule has 112 valence electrons. The lowest BCUT2D eigenvalue weighted by atomic mass is 10.2. The highest BCUT2D eigenvalue weighted by molar-refractivity contribution is 5.30. The van der Waals surface area contributed by atoms with Crippen molar-refractivity contribution in [3.05, 3.63) is 17.0 Å². The van der Waals surface area contributed by atoms with Crippen LogP contribution >= 0.6 is 0 Å². The van der Waals surface area contributed by atoms with Gasteiger partial charge in [0.15, 0.2) is 0 Å². The number of hydrogen-bond acceptors (Lipinski definition) is 4. The summed E-state index contributed by atoms with van der Waals surface area (Å²) in [5.74, 6) is 0. The highest BCUT2D eigenvalue weighted by Gasteiger charge is 2.33. The number of nitrogens with zero attached hydrogens (tertiary/aromatic N) is 4. The van der Waals surface area contributed by atoms with Gasteiger partial charge in [-0.3, -0.25) is 9.58 Å². The summed E-state index contributed by atoms with van der Waals surface area (Å²) in [5, 5.41) is 4.85. The fourth-order valence-corrected chi connectivity index (χ4v) is 3.28. The minimum absolute atomic E-state index is 0.430.